The Morgan fingerprint density at radius 1 is 1.29 bits per heavy atom. The van der Waals surface area contributed by atoms with E-state index in [9.17, 15) is 4.79 Å². The smallest absolute Gasteiger partial charge is 0.410 e. The third-order valence-corrected chi connectivity index (χ3v) is 4.13. The van der Waals surface area contributed by atoms with E-state index in [4.69, 9.17) is 33.7 Å². The Bertz CT molecular complexity index is 543. The highest BCUT2D eigenvalue weighted by molar-refractivity contribution is 6.42. The first-order valence-electron chi connectivity index (χ1n) is 6.86. The van der Waals surface area contributed by atoms with Gasteiger partial charge in [-0.3, -0.25) is 0 Å². The minimum atomic E-state index is -0.511. The SMILES string of the molecule is CC(C)(C)OC(=O)N1C[C@@H](N)[C@@H](c2ccc(Cl)c(Cl)c2)C1. The zero-order valence-electron chi connectivity index (χ0n) is 12.4. The topological polar surface area (TPSA) is 55.6 Å². The van der Waals surface area contributed by atoms with Crippen LogP contribution in [0.4, 0.5) is 4.79 Å². The predicted molar refractivity (Wildman–Crippen MR) is 85.0 cm³/mol. The number of hydrogen-bond donors (Lipinski definition) is 1. The number of nitrogens with two attached hydrogens (primary N) is 1. The van der Waals surface area contributed by atoms with Crippen molar-refractivity contribution >= 4 is 29.3 Å². The van der Waals surface area contributed by atoms with Gasteiger partial charge in [0.05, 0.1) is 10.0 Å². The standard InChI is InChI=1S/C15H20Cl2N2O2/c1-15(2,3)21-14(20)19-7-10(13(18)8-19)9-4-5-11(16)12(17)6-9/h4-6,10,13H,7-8,18H2,1-3H3/t10-,13-/m1/s1. The van der Waals surface area contributed by atoms with Crippen LogP contribution in [0.5, 0.6) is 0 Å². The number of likely N-dealkylation sites (tertiary alicyclic amines) is 1. The molecule has 0 unspecified atom stereocenters. The molecule has 0 aromatic heterocycles. The summed E-state index contributed by atoms with van der Waals surface area (Å²) in [5, 5.41) is 1.01. The lowest BCUT2D eigenvalue weighted by Crippen LogP contribution is -2.36. The first-order valence-corrected chi connectivity index (χ1v) is 7.61. The van der Waals surface area contributed by atoms with Crippen LogP contribution in [-0.2, 0) is 4.74 Å². The molecule has 1 heterocycles. The maximum Gasteiger partial charge on any atom is 0.410 e. The summed E-state index contributed by atoms with van der Waals surface area (Å²) in [5.74, 6) is 0.0345. The van der Waals surface area contributed by atoms with Gasteiger partial charge in [-0.05, 0) is 38.5 Å². The summed E-state index contributed by atoms with van der Waals surface area (Å²) in [6, 6.07) is 5.32. The summed E-state index contributed by atoms with van der Waals surface area (Å²) in [6.45, 7) is 6.53. The van der Waals surface area contributed by atoms with E-state index >= 15 is 0 Å². The van der Waals surface area contributed by atoms with Crippen LogP contribution in [-0.4, -0.2) is 35.7 Å². The molecule has 0 saturated carbocycles. The number of amides is 1. The highest BCUT2D eigenvalue weighted by Gasteiger charge is 2.36. The molecule has 1 amide bonds. The van der Waals surface area contributed by atoms with Gasteiger partial charge in [0.25, 0.3) is 0 Å². The fourth-order valence-electron chi connectivity index (χ4n) is 2.40. The zero-order valence-corrected chi connectivity index (χ0v) is 13.9. The summed E-state index contributed by atoms with van der Waals surface area (Å²) in [6.07, 6.45) is -0.333. The van der Waals surface area contributed by atoms with Gasteiger partial charge < -0.3 is 15.4 Å². The van der Waals surface area contributed by atoms with Gasteiger partial charge in [0, 0.05) is 25.0 Å². The minimum absolute atomic E-state index is 0.0345. The van der Waals surface area contributed by atoms with E-state index in [0.717, 1.165) is 5.56 Å². The number of halogens is 2. The van der Waals surface area contributed by atoms with Gasteiger partial charge in [-0.2, -0.15) is 0 Å². The minimum Gasteiger partial charge on any atom is -0.444 e. The molecule has 0 aliphatic carbocycles. The van der Waals surface area contributed by atoms with Crippen molar-refractivity contribution in [1.29, 1.82) is 0 Å². The van der Waals surface area contributed by atoms with Gasteiger partial charge >= 0.3 is 6.09 Å². The van der Waals surface area contributed by atoms with Crippen LogP contribution in [0.1, 0.15) is 32.3 Å². The Hall–Kier alpha value is -0.970. The number of ether oxygens (including phenoxy) is 1. The third-order valence-electron chi connectivity index (χ3n) is 3.39. The van der Waals surface area contributed by atoms with Crippen molar-refractivity contribution in [2.45, 2.75) is 38.3 Å². The van der Waals surface area contributed by atoms with Crippen LogP contribution in [0, 0.1) is 0 Å². The maximum atomic E-state index is 12.1. The van der Waals surface area contributed by atoms with E-state index in [1.807, 2.05) is 32.9 Å². The van der Waals surface area contributed by atoms with Crippen LogP contribution in [0.3, 0.4) is 0 Å². The summed E-state index contributed by atoms with van der Waals surface area (Å²) in [7, 11) is 0. The van der Waals surface area contributed by atoms with Gasteiger partial charge in [-0.25, -0.2) is 4.79 Å². The molecule has 1 aliphatic heterocycles. The predicted octanol–water partition coefficient (Wildman–Crippen LogP) is 3.66. The fraction of sp³-hybridized carbons (Fsp3) is 0.533. The van der Waals surface area contributed by atoms with Crippen LogP contribution in [0.25, 0.3) is 0 Å². The van der Waals surface area contributed by atoms with E-state index in [2.05, 4.69) is 0 Å². The first-order chi connectivity index (χ1) is 9.67. The molecule has 4 nitrogen and oxygen atoms in total. The molecule has 116 valence electrons. The third kappa shape index (κ3) is 4.02. The highest BCUT2D eigenvalue weighted by Crippen LogP contribution is 2.31. The van der Waals surface area contributed by atoms with Crippen molar-refractivity contribution in [1.82, 2.24) is 4.90 Å². The quantitative estimate of drug-likeness (QED) is 0.854. The summed E-state index contributed by atoms with van der Waals surface area (Å²) < 4.78 is 5.38. The van der Waals surface area contributed by atoms with Crippen molar-refractivity contribution in [3.8, 4) is 0 Å². The normalized spacial score (nSPS) is 22.5. The first kappa shape index (κ1) is 16.4. The molecule has 1 aliphatic rings. The maximum absolute atomic E-state index is 12.1. The zero-order chi connectivity index (χ0) is 15.8. The summed E-state index contributed by atoms with van der Waals surface area (Å²) >= 11 is 12.0. The molecule has 0 spiro atoms. The number of benzene rings is 1. The summed E-state index contributed by atoms with van der Waals surface area (Å²) in [4.78, 5) is 13.7. The van der Waals surface area contributed by atoms with Gasteiger partial charge in [0.15, 0.2) is 0 Å². The molecule has 21 heavy (non-hydrogen) atoms. The molecule has 2 rings (SSSR count). The van der Waals surface area contributed by atoms with Crippen molar-refractivity contribution in [2.75, 3.05) is 13.1 Å². The van der Waals surface area contributed by atoms with E-state index in [-0.39, 0.29) is 18.1 Å². The lowest BCUT2D eigenvalue weighted by molar-refractivity contribution is 0.0290. The second-order valence-electron chi connectivity index (χ2n) is 6.33. The molecule has 1 saturated heterocycles. The van der Waals surface area contributed by atoms with Gasteiger partial charge in [0.1, 0.15) is 5.60 Å². The Kier molecular flexibility index (Phi) is 4.71. The number of carbonyl (C=O) groups is 1. The van der Waals surface area contributed by atoms with Gasteiger partial charge in [-0.15, -0.1) is 0 Å². The van der Waals surface area contributed by atoms with Crippen molar-refractivity contribution in [3.63, 3.8) is 0 Å². The largest absolute Gasteiger partial charge is 0.444 e. The molecule has 2 N–H and O–H groups in total. The lowest BCUT2D eigenvalue weighted by atomic mass is 9.95. The van der Waals surface area contributed by atoms with E-state index in [1.165, 1.54) is 0 Å². The number of carbonyl (C=O) groups excluding carboxylic acids is 1. The van der Waals surface area contributed by atoms with Crippen LogP contribution >= 0.6 is 23.2 Å². The average Bonchev–Trinajstić information content (AvgIpc) is 2.73. The second kappa shape index (κ2) is 6.03. The van der Waals surface area contributed by atoms with E-state index in [0.29, 0.717) is 23.1 Å². The number of nitrogens with zero attached hydrogens (tertiary/aromatic N) is 1. The highest BCUT2D eigenvalue weighted by atomic mass is 35.5. The van der Waals surface area contributed by atoms with Crippen molar-refractivity contribution in [3.05, 3.63) is 33.8 Å². The Morgan fingerprint density at radius 3 is 2.52 bits per heavy atom. The Morgan fingerprint density at radius 2 is 1.95 bits per heavy atom. The molecular weight excluding hydrogens is 311 g/mol. The van der Waals surface area contributed by atoms with E-state index in [1.54, 1.807) is 11.0 Å². The van der Waals surface area contributed by atoms with Crippen LogP contribution in [0.2, 0.25) is 10.0 Å². The van der Waals surface area contributed by atoms with E-state index < -0.39 is 5.60 Å². The summed E-state index contributed by atoms with van der Waals surface area (Å²) in [5.41, 5.74) is 6.64. The van der Waals surface area contributed by atoms with Crippen LogP contribution < -0.4 is 5.73 Å². The second-order valence-corrected chi connectivity index (χ2v) is 7.14. The monoisotopic (exact) mass is 330 g/mol. The molecule has 1 fully saturated rings. The number of rotatable bonds is 1. The molecule has 6 heteroatoms. The molecular formula is C15H20Cl2N2O2. The van der Waals surface area contributed by atoms with Crippen molar-refractivity contribution < 1.29 is 9.53 Å². The molecule has 1 aromatic rings. The molecule has 0 bridgehead atoms. The number of hydrogen-bond acceptors (Lipinski definition) is 3. The molecule has 1 aromatic carbocycles. The van der Waals surface area contributed by atoms with Crippen LogP contribution in [0.15, 0.2) is 18.2 Å². The lowest BCUT2D eigenvalue weighted by Gasteiger charge is -2.24. The molecule has 2 atom stereocenters. The molecule has 0 radical (unpaired) electrons. The Balaban J connectivity index is 2.10. The van der Waals surface area contributed by atoms with Crippen molar-refractivity contribution in [2.24, 2.45) is 5.73 Å². The van der Waals surface area contributed by atoms with Gasteiger partial charge in [-0.1, -0.05) is 29.3 Å². The average molecular weight is 331 g/mol. The fourth-order valence-corrected chi connectivity index (χ4v) is 2.71. The Labute approximate surface area is 135 Å². The van der Waals surface area contributed by atoms with Gasteiger partial charge in [0.2, 0.25) is 0 Å².